The number of piperidine rings is 1. The molecule has 0 bridgehead atoms. The Bertz CT molecular complexity index is 738. The smallest absolute Gasteiger partial charge is 0.253 e. The van der Waals surface area contributed by atoms with Crippen molar-refractivity contribution >= 4 is 5.91 Å². The van der Waals surface area contributed by atoms with Crippen molar-refractivity contribution in [1.82, 2.24) is 14.5 Å². The molecule has 0 N–H and O–H groups in total. The molecule has 1 aromatic carbocycles. The van der Waals surface area contributed by atoms with Gasteiger partial charge < -0.3 is 14.2 Å². The normalized spacial score (nSPS) is 20.6. The first kappa shape index (κ1) is 14.5. The molecule has 1 fully saturated rings. The minimum absolute atomic E-state index is 0.127. The number of carbonyl (C=O) groups is 1. The highest BCUT2D eigenvalue weighted by Crippen LogP contribution is 2.26. The van der Waals surface area contributed by atoms with Crippen molar-refractivity contribution in [3.05, 3.63) is 53.1 Å². The highest BCUT2D eigenvalue weighted by Gasteiger charge is 2.26. The number of rotatable bonds is 2. The van der Waals surface area contributed by atoms with E-state index in [2.05, 4.69) is 9.55 Å². The van der Waals surface area contributed by atoms with Gasteiger partial charge in [0.05, 0.1) is 19.3 Å². The number of amides is 1. The van der Waals surface area contributed by atoms with Crippen LogP contribution in [0.2, 0.25) is 0 Å². The van der Waals surface area contributed by atoms with Crippen LogP contribution in [-0.2, 0) is 18.0 Å². The summed E-state index contributed by atoms with van der Waals surface area (Å²) < 4.78 is 7.63. The molecule has 2 aliphatic heterocycles. The highest BCUT2D eigenvalue weighted by molar-refractivity contribution is 5.94. The van der Waals surface area contributed by atoms with Gasteiger partial charge in [-0.15, -0.1) is 0 Å². The number of imidazole rings is 1. The molecule has 0 aliphatic carbocycles. The average Bonchev–Trinajstić information content (AvgIpc) is 3.22. The van der Waals surface area contributed by atoms with Crippen molar-refractivity contribution in [3.63, 3.8) is 0 Å². The Kier molecular flexibility index (Phi) is 3.65. The molecule has 23 heavy (non-hydrogen) atoms. The number of likely N-dealkylation sites (tertiary alicyclic amines) is 1. The fourth-order valence-corrected chi connectivity index (χ4v) is 3.63. The summed E-state index contributed by atoms with van der Waals surface area (Å²) in [6.45, 7) is 4.88. The van der Waals surface area contributed by atoms with Gasteiger partial charge in [0.2, 0.25) is 0 Å². The van der Waals surface area contributed by atoms with E-state index in [1.165, 1.54) is 5.56 Å². The number of benzene rings is 1. The maximum Gasteiger partial charge on any atom is 0.253 e. The van der Waals surface area contributed by atoms with Crippen LogP contribution in [0, 0.1) is 6.92 Å². The predicted molar refractivity (Wildman–Crippen MR) is 86.1 cm³/mol. The van der Waals surface area contributed by atoms with Gasteiger partial charge in [0.25, 0.3) is 5.91 Å². The van der Waals surface area contributed by atoms with Crippen LogP contribution >= 0.6 is 0 Å². The van der Waals surface area contributed by atoms with E-state index >= 15 is 0 Å². The Hall–Kier alpha value is -2.14. The first-order chi connectivity index (χ1) is 11.2. The molecule has 2 aliphatic rings. The number of aryl methyl sites for hydroxylation is 1. The average molecular weight is 311 g/mol. The lowest BCUT2D eigenvalue weighted by Gasteiger charge is -2.34. The molecule has 1 amide bonds. The molecule has 0 spiro atoms. The van der Waals surface area contributed by atoms with Crippen LogP contribution < -0.4 is 0 Å². The Labute approximate surface area is 135 Å². The molecular weight excluding hydrogens is 290 g/mol. The van der Waals surface area contributed by atoms with E-state index in [9.17, 15) is 4.79 Å². The third-order valence-electron chi connectivity index (χ3n) is 4.91. The quantitative estimate of drug-likeness (QED) is 0.857. The van der Waals surface area contributed by atoms with Crippen LogP contribution in [0.15, 0.2) is 30.6 Å². The second-order valence-corrected chi connectivity index (χ2v) is 6.41. The summed E-state index contributed by atoms with van der Waals surface area (Å²) in [5, 5.41) is 0. The predicted octanol–water partition coefficient (Wildman–Crippen LogP) is 2.70. The third kappa shape index (κ3) is 2.65. The number of nitrogens with zero attached hydrogens (tertiary/aromatic N) is 3. The monoisotopic (exact) mass is 311 g/mol. The van der Waals surface area contributed by atoms with E-state index in [0.717, 1.165) is 42.9 Å². The second kappa shape index (κ2) is 5.81. The molecular formula is C18H21N3O2. The summed E-state index contributed by atoms with van der Waals surface area (Å²) in [5.74, 6) is 1.14. The van der Waals surface area contributed by atoms with Crippen molar-refractivity contribution in [2.24, 2.45) is 0 Å². The van der Waals surface area contributed by atoms with Gasteiger partial charge in [-0.05, 0) is 43.0 Å². The van der Waals surface area contributed by atoms with E-state index in [4.69, 9.17) is 4.74 Å². The van der Waals surface area contributed by atoms with E-state index < -0.39 is 0 Å². The number of carbonyl (C=O) groups excluding carboxylic acids is 1. The minimum Gasteiger partial charge on any atom is -0.372 e. The lowest BCUT2D eigenvalue weighted by Crippen LogP contribution is -2.40. The highest BCUT2D eigenvalue weighted by atomic mass is 16.5. The summed E-state index contributed by atoms with van der Waals surface area (Å²) in [7, 11) is 0. The number of hydrogen-bond donors (Lipinski definition) is 0. The van der Waals surface area contributed by atoms with Crippen LogP contribution in [0.4, 0.5) is 0 Å². The molecule has 120 valence electrons. The van der Waals surface area contributed by atoms with E-state index in [0.29, 0.717) is 19.3 Å². The van der Waals surface area contributed by atoms with Gasteiger partial charge in [0.15, 0.2) is 0 Å². The van der Waals surface area contributed by atoms with Crippen molar-refractivity contribution < 1.29 is 9.53 Å². The SMILES string of the molecule is Cc1nccn1C1CCCN(C(=O)c2ccc3c(c2)COC3)C1. The zero-order chi connectivity index (χ0) is 15.8. The van der Waals surface area contributed by atoms with Crippen LogP contribution in [0.1, 0.15) is 46.2 Å². The van der Waals surface area contributed by atoms with E-state index in [-0.39, 0.29) is 5.91 Å². The van der Waals surface area contributed by atoms with Crippen LogP contribution in [0.5, 0.6) is 0 Å². The first-order valence-electron chi connectivity index (χ1n) is 8.20. The summed E-state index contributed by atoms with van der Waals surface area (Å²) >= 11 is 0. The molecule has 1 atom stereocenters. The molecule has 5 heteroatoms. The molecule has 0 saturated carbocycles. The molecule has 3 heterocycles. The standard InChI is InChI=1S/C18H21N3O2/c1-13-19-6-8-21(13)17-3-2-7-20(10-17)18(22)14-4-5-15-11-23-12-16(15)9-14/h4-6,8-9,17H,2-3,7,10-12H2,1H3. The van der Waals surface area contributed by atoms with Gasteiger partial charge in [-0.2, -0.15) is 0 Å². The number of aromatic nitrogens is 2. The Balaban J connectivity index is 1.53. The van der Waals surface area contributed by atoms with Crippen molar-refractivity contribution in [1.29, 1.82) is 0 Å². The molecule has 1 saturated heterocycles. The summed E-state index contributed by atoms with van der Waals surface area (Å²) in [6, 6.07) is 6.28. The Morgan fingerprint density at radius 3 is 3.00 bits per heavy atom. The van der Waals surface area contributed by atoms with Crippen molar-refractivity contribution in [3.8, 4) is 0 Å². The summed E-state index contributed by atoms with van der Waals surface area (Å²) in [4.78, 5) is 19.1. The van der Waals surface area contributed by atoms with Gasteiger partial charge in [-0.1, -0.05) is 6.07 Å². The molecule has 4 rings (SSSR count). The molecule has 1 unspecified atom stereocenters. The van der Waals surface area contributed by atoms with Gasteiger partial charge in [0, 0.05) is 31.0 Å². The maximum atomic E-state index is 12.9. The van der Waals surface area contributed by atoms with E-state index in [1.54, 1.807) is 0 Å². The van der Waals surface area contributed by atoms with Crippen LogP contribution in [0.3, 0.4) is 0 Å². The van der Waals surface area contributed by atoms with Gasteiger partial charge in [-0.25, -0.2) is 4.98 Å². The van der Waals surface area contributed by atoms with Crippen LogP contribution in [-0.4, -0.2) is 33.4 Å². The third-order valence-corrected chi connectivity index (χ3v) is 4.91. The summed E-state index contributed by atoms with van der Waals surface area (Å²) in [6.07, 6.45) is 5.97. The number of fused-ring (bicyclic) bond motifs is 1. The molecule has 2 aromatic rings. The van der Waals surface area contributed by atoms with Gasteiger partial charge >= 0.3 is 0 Å². The Morgan fingerprint density at radius 1 is 1.30 bits per heavy atom. The number of ether oxygens (including phenoxy) is 1. The fraction of sp³-hybridized carbons (Fsp3) is 0.444. The van der Waals surface area contributed by atoms with Gasteiger partial charge in [0.1, 0.15) is 5.82 Å². The lowest BCUT2D eigenvalue weighted by molar-refractivity contribution is 0.0678. The maximum absolute atomic E-state index is 12.9. The minimum atomic E-state index is 0.127. The molecule has 5 nitrogen and oxygen atoms in total. The van der Waals surface area contributed by atoms with Crippen molar-refractivity contribution in [2.45, 2.75) is 39.0 Å². The second-order valence-electron chi connectivity index (χ2n) is 6.41. The van der Waals surface area contributed by atoms with Gasteiger partial charge in [-0.3, -0.25) is 4.79 Å². The van der Waals surface area contributed by atoms with Crippen LogP contribution in [0.25, 0.3) is 0 Å². The summed E-state index contributed by atoms with van der Waals surface area (Å²) in [5.41, 5.74) is 3.12. The fourth-order valence-electron chi connectivity index (χ4n) is 3.63. The lowest BCUT2D eigenvalue weighted by atomic mass is 10.0. The molecule has 0 radical (unpaired) electrons. The number of hydrogen-bond acceptors (Lipinski definition) is 3. The van der Waals surface area contributed by atoms with Crippen molar-refractivity contribution in [2.75, 3.05) is 13.1 Å². The topological polar surface area (TPSA) is 47.4 Å². The van der Waals surface area contributed by atoms with E-state index in [1.807, 2.05) is 42.4 Å². The largest absolute Gasteiger partial charge is 0.372 e. The first-order valence-corrected chi connectivity index (χ1v) is 8.20. The Morgan fingerprint density at radius 2 is 2.17 bits per heavy atom. The molecule has 1 aromatic heterocycles. The zero-order valence-electron chi connectivity index (χ0n) is 13.4. The zero-order valence-corrected chi connectivity index (χ0v) is 13.4.